The quantitative estimate of drug-likeness (QED) is 0.870. The highest BCUT2D eigenvalue weighted by atomic mass is 32.2. The Balaban J connectivity index is 2.13. The lowest BCUT2D eigenvalue weighted by Gasteiger charge is -2.16. The van der Waals surface area contributed by atoms with Crippen molar-refractivity contribution in [2.45, 2.75) is 24.8 Å². The Bertz CT molecular complexity index is 695. The fourth-order valence-corrected chi connectivity index (χ4v) is 3.34. The molecule has 0 radical (unpaired) electrons. The van der Waals surface area contributed by atoms with Gasteiger partial charge in [0.25, 0.3) is 0 Å². The zero-order valence-corrected chi connectivity index (χ0v) is 12.8. The summed E-state index contributed by atoms with van der Waals surface area (Å²) in [5.41, 5.74) is 1.02. The van der Waals surface area contributed by atoms with Gasteiger partial charge in [-0.1, -0.05) is 0 Å². The largest absolute Gasteiger partial charge is 0.462 e. The van der Waals surface area contributed by atoms with Crippen LogP contribution in [0.15, 0.2) is 39.9 Å². The number of hydrogen-bond donors (Lipinski definition) is 1. The lowest BCUT2D eigenvalue weighted by atomic mass is 10.2. The first-order valence-corrected chi connectivity index (χ1v) is 7.94. The molecule has 114 valence electrons. The van der Waals surface area contributed by atoms with Crippen molar-refractivity contribution in [1.29, 1.82) is 0 Å². The van der Waals surface area contributed by atoms with Gasteiger partial charge in [-0.05, 0) is 31.0 Å². The van der Waals surface area contributed by atoms with Gasteiger partial charge in [0.05, 0.1) is 0 Å². The van der Waals surface area contributed by atoms with Crippen molar-refractivity contribution in [2.75, 3.05) is 13.6 Å². The summed E-state index contributed by atoms with van der Waals surface area (Å²) in [4.78, 5) is 4.03. The standard InChI is InChI=1S/C14H18N2O4S/c1-11-14(9-13(10-17)20-11)21(18,19)16(2)8-5-12-3-6-15-7-4-12/h3-4,6-7,9,17H,5,8,10H2,1-2H3. The molecule has 0 fully saturated rings. The maximum Gasteiger partial charge on any atom is 0.246 e. The van der Waals surface area contributed by atoms with E-state index in [0.29, 0.717) is 13.0 Å². The summed E-state index contributed by atoms with van der Waals surface area (Å²) in [5.74, 6) is 0.531. The van der Waals surface area contributed by atoms with E-state index in [2.05, 4.69) is 4.98 Å². The van der Waals surface area contributed by atoms with Crippen LogP contribution in [-0.2, 0) is 23.1 Å². The SMILES string of the molecule is Cc1oc(CO)cc1S(=O)(=O)N(C)CCc1ccncc1. The maximum absolute atomic E-state index is 12.5. The molecule has 0 aliphatic carbocycles. The number of aliphatic hydroxyl groups is 1. The topological polar surface area (TPSA) is 83.6 Å². The van der Waals surface area contributed by atoms with Crippen molar-refractivity contribution in [1.82, 2.24) is 9.29 Å². The van der Waals surface area contributed by atoms with Gasteiger partial charge in [-0.3, -0.25) is 4.98 Å². The summed E-state index contributed by atoms with van der Waals surface area (Å²) in [6, 6.07) is 5.08. The van der Waals surface area contributed by atoms with Gasteiger partial charge in [-0.15, -0.1) is 0 Å². The lowest BCUT2D eigenvalue weighted by Crippen LogP contribution is -2.29. The molecule has 0 unspecified atom stereocenters. The van der Waals surface area contributed by atoms with Crippen molar-refractivity contribution >= 4 is 10.0 Å². The molecule has 2 aromatic rings. The number of aliphatic hydroxyl groups excluding tert-OH is 1. The highest BCUT2D eigenvalue weighted by molar-refractivity contribution is 7.89. The Hall–Kier alpha value is -1.70. The van der Waals surface area contributed by atoms with Crippen LogP contribution < -0.4 is 0 Å². The first-order chi connectivity index (χ1) is 9.95. The number of likely N-dealkylation sites (N-methyl/N-ethyl adjacent to an activating group) is 1. The predicted molar refractivity (Wildman–Crippen MR) is 77.1 cm³/mol. The van der Waals surface area contributed by atoms with Crippen LogP contribution in [0.2, 0.25) is 0 Å². The van der Waals surface area contributed by atoms with Crippen LogP contribution in [0.1, 0.15) is 17.1 Å². The molecule has 0 saturated carbocycles. The number of pyridine rings is 1. The monoisotopic (exact) mass is 310 g/mol. The minimum absolute atomic E-state index is 0.101. The molecule has 0 amide bonds. The van der Waals surface area contributed by atoms with E-state index in [1.807, 2.05) is 12.1 Å². The van der Waals surface area contributed by atoms with Gasteiger partial charge in [-0.25, -0.2) is 12.7 Å². The highest BCUT2D eigenvalue weighted by Crippen LogP contribution is 2.23. The fourth-order valence-electron chi connectivity index (χ4n) is 1.98. The van der Waals surface area contributed by atoms with E-state index in [4.69, 9.17) is 9.52 Å². The molecule has 0 aliphatic heterocycles. The normalized spacial score (nSPS) is 12.0. The molecular formula is C14H18N2O4S. The van der Waals surface area contributed by atoms with Crippen molar-refractivity contribution in [3.8, 4) is 0 Å². The lowest BCUT2D eigenvalue weighted by molar-refractivity contribution is 0.244. The Morgan fingerprint density at radius 1 is 1.33 bits per heavy atom. The highest BCUT2D eigenvalue weighted by Gasteiger charge is 2.25. The van der Waals surface area contributed by atoms with E-state index in [1.54, 1.807) is 19.3 Å². The van der Waals surface area contributed by atoms with Gasteiger partial charge >= 0.3 is 0 Å². The van der Waals surface area contributed by atoms with Gasteiger partial charge in [0.2, 0.25) is 10.0 Å². The summed E-state index contributed by atoms with van der Waals surface area (Å²) >= 11 is 0. The molecule has 2 heterocycles. The molecule has 1 N–H and O–H groups in total. The molecule has 0 atom stereocenters. The number of hydrogen-bond acceptors (Lipinski definition) is 5. The molecule has 0 aliphatic rings. The van der Waals surface area contributed by atoms with Crippen LogP contribution in [0.4, 0.5) is 0 Å². The summed E-state index contributed by atoms with van der Waals surface area (Å²) < 4.78 is 31.4. The van der Waals surface area contributed by atoms with Crippen molar-refractivity contribution in [2.24, 2.45) is 0 Å². The molecule has 0 saturated heterocycles. The number of furan rings is 1. The second kappa shape index (κ2) is 6.38. The minimum Gasteiger partial charge on any atom is -0.462 e. The molecule has 0 aromatic carbocycles. The Morgan fingerprint density at radius 2 is 2.00 bits per heavy atom. The second-order valence-electron chi connectivity index (χ2n) is 4.72. The average molecular weight is 310 g/mol. The van der Waals surface area contributed by atoms with Crippen LogP contribution in [0.3, 0.4) is 0 Å². The fraction of sp³-hybridized carbons (Fsp3) is 0.357. The molecule has 0 spiro atoms. The molecule has 2 rings (SSSR count). The van der Waals surface area contributed by atoms with E-state index in [0.717, 1.165) is 5.56 Å². The van der Waals surface area contributed by atoms with E-state index in [-0.39, 0.29) is 23.0 Å². The molecule has 21 heavy (non-hydrogen) atoms. The molecule has 0 bridgehead atoms. The van der Waals surface area contributed by atoms with Crippen LogP contribution in [-0.4, -0.2) is 36.4 Å². The van der Waals surface area contributed by atoms with Gasteiger partial charge in [0, 0.05) is 32.1 Å². The van der Waals surface area contributed by atoms with E-state index in [1.165, 1.54) is 17.4 Å². The van der Waals surface area contributed by atoms with Crippen LogP contribution in [0.5, 0.6) is 0 Å². The van der Waals surface area contributed by atoms with Crippen molar-refractivity contribution in [3.05, 3.63) is 47.7 Å². The number of aryl methyl sites for hydroxylation is 1. The Labute approximate surface area is 124 Å². The Morgan fingerprint density at radius 3 is 2.57 bits per heavy atom. The van der Waals surface area contributed by atoms with Gasteiger partial charge in [0.1, 0.15) is 23.0 Å². The Kier molecular flexibility index (Phi) is 4.76. The third-order valence-corrected chi connectivity index (χ3v) is 5.20. The number of rotatable bonds is 6. The van der Waals surface area contributed by atoms with Crippen molar-refractivity contribution < 1.29 is 17.9 Å². The van der Waals surface area contributed by atoms with Gasteiger partial charge in [-0.2, -0.15) is 0 Å². The first-order valence-electron chi connectivity index (χ1n) is 6.50. The van der Waals surface area contributed by atoms with Crippen LogP contribution >= 0.6 is 0 Å². The first kappa shape index (κ1) is 15.7. The number of nitrogens with zero attached hydrogens (tertiary/aromatic N) is 2. The van der Waals surface area contributed by atoms with Gasteiger partial charge in [0.15, 0.2) is 0 Å². The molecule has 7 heteroatoms. The summed E-state index contributed by atoms with van der Waals surface area (Å²) in [6.07, 6.45) is 3.96. The second-order valence-corrected chi connectivity index (χ2v) is 6.74. The maximum atomic E-state index is 12.5. The molecule has 2 aromatic heterocycles. The van der Waals surface area contributed by atoms with Gasteiger partial charge < -0.3 is 9.52 Å². The number of aromatic nitrogens is 1. The minimum atomic E-state index is -3.62. The van der Waals surface area contributed by atoms with Crippen LogP contribution in [0.25, 0.3) is 0 Å². The van der Waals surface area contributed by atoms with E-state index in [9.17, 15) is 8.42 Å². The van der Waals surface area contributed by atoms with E-state index < -0.39 is 10.0 Å². The number of sulfonamides is 1. The average Bonchev–Trinajstić information content (AvgIpc) is 2.87. The summed E-state index contributed by atoms with van der Waals surface area (Å²) in [5, 5.41) is 9.02. The zero-order chi connectivity index (χ0) is 15.5. The van der Waals surface area contributed by atoms with Crippen LogP contribution in [0, 0.1) is 6.92 Å². The zero-order valence-electron chi connectivity index (χ0n) is 12.0. The third-order valence-electron chi connectivity index (χ3n) is 3.23. The summed E-state index contributed by atoms with van der Waals surface area (Å²) in [7, 11) is -2.09. The summed E-state index contributed by atoms with van der Waals surface area (Å²) in [6.45, 7) is 1.60. The molecule has 6 nitrogen and oxygen atoms in total. The molecular weight excluding hydrogens is 292 g/mol. The smallest absolute Gasteiger partial charge is 0.246 e. The van der Waals surface area contributed by atoms with E-state index >= 15 is 0 Å². The van der Waals surface area contributed by atoms with Crippen molar-refractivity contribution in [3.63, 3.8) is 0 Å². The predicted octanol–water partition coefficient (Wildman–Crippen LogP) is 1.34. The third kappa shape index (κ3) is 3.49.